The zero-order chi connectivity index (χ0) is 28.9. The van der Waals surface area contributed by atoms with Crippen molar-refractivity contribution in [2.24, 2.45) is 0 Å². The van der Waals surface area contributed by atoms with Crippen molar-refractivity contribution in [1.29, 1.82) is 0 Å². The molecule has 10 nitrogen and oxygen atoms in total. The molecule has 1 fully saturated rings. The van der Waals surface area contributed by atoms with Gasteiger partial charge in [-0.15, -0.1) is 0 Å². The molecule has 2 aliphatic heterocycles. The van der Waals surface area contributed by atoms with Crippen LogP contribution in [0.1, 0.15) is 37.4 Å². The van der Waals surface area contributed by atoms with Gasteiger partial charge in [-0.25, -0.2) is 9.86 Å². The zero-order valence-electron chi connectivity index (χ0n) is 23.1. The molecule has 2 amide bonds. The van der Waals surface area contributed by atoms with E-state index in [9.17, 15) is 19.5 Å². The molecule has 5 rings (SSSR count). The molecule has 0 aromatic heterocycles. The fourth-order valence-electron chi connectivity index (χ4n) is 5.01. The van der Waals surface area contributed by atoms with Gasteiger partial charge in [0.1, 0.15) is 0 Å². The number of nitrogens with one attached hydrogen (secondary N) is 3. The maximum Gasteiger partial charge on any atom is 0.336 e. The number of nitrogens with zero attached hydrogens (tertiary/aromatic N) is 2. The van der Waals surface area contributed by atoms with Crippen molar-refractivity contribution in [3.63, 3.8) is 0 Å². The summed E-state index contributed by atoms with van der Waals surface area (Å²) in [6.07, 6.45) is 0. The highest BCUT2D eigenvalue weighted by atomic mass is 16.7. The summed E-state index contributed by atoms with van der Waals surface area (Å²) < 4.78 is 0. The van der Waals surface area contributed by atoms with Crippen molar-refractivity contribution < 1.29 is 24.3 Å². The Kier molecular flexibility index (Phi) is 8.44. The Hall–Kier alpha value is -4.51. The van der Waals surface area contributed by atoms with Crippen LogP contribution >= 0.6 is 0 Å². The number of benzene rings is 3. The van der Waals surface area contributed by atoms with E-state index in [4.69, 9.17) is 4.84 Å². The molecule has 1 saturated heterocycles. The van der Waals surface area contributed by atoms with Crippen LogP contribution in [0.25, 0.3) is 11.3 Å². The molecule has 0 atom stereocenters. The van der Waals surface area contributed by atoms with Crippen molar-refractivity contribution in [3.8, 4) is 0 Å². The van der Waals surface area contributed by atoms with E-state index >= 15 is 0 Å². The number of hydrogen-bond donors (Lipinski definition) is 4. The molecule has 0 saturated carbocycles. The molecule has 0 bridgehead atoms. The zero-order valence-corrected chi connectivity index (χ0v) is 23.1. The molecule has 10 heteroatoms. The van der Waals surface area contributed by atoms with E-state index in [-0.39, 0.29) is 17.4 Å². The fraction of sp³-hybridized carbons (Fsp3) is 0.258. The number of carbonyl (C=O) groups is 3. The summed E-state index contributed by atoms with van der Waals surface area (Å²) in [4.78, 5) is 45.8. The first-order chi connectivity index (χ1) is 19.8. The summed E-state index contributed by atoms with van der Waals surface area (Å²) in [5, 5.41) is 20.3. The van der Waals surface area contributed by atoms with E-state index in [0.717, 1.165) is 38.3 Å². The van der Waals surface area contributed by atoms with Gasteiger partial charge in [-0.2, -0.15) is 0 Å². The Morgan fingerprint density at radius 1 is 1.02 bits per heavy atom. The third-order valence-corrected chi connectivity index (χ3v) is 7.24. The second kappa shape index (κ2) is 12.3. The van der Waals surface area contributed by atoms with Gasteiger partial charge in [-0.1, -0.05) is 30.3 Å². The summed E-state index contributed by atoms with van der Waals surface area (Å²) >= 11 is 0. The number of carboxylic acid groups (broad SMARTS) is 1. The van der Waals surface area contributed by atoms with E-state index in [2.05, 4.69) is 20.9 Å². The molecule has 0 spiro atoms. The van der Waals surface area contributed by atoms with Crippen molar-refractivity contribution in [2.45, 2.75) is 6.92 Å². The van der Waals surface area contributed by atoms with Crippen LogP contribution in [0.2, 0.25) is 0 Å². The molecule has 3 aromatic carbocycles. The molecule has 3 aromatic rings. The Morgan fingerprint density at radius 2 is 1.73 bits per heavy atom. The summed E-state index contributed by atoms with van der Waals surface area (Å²) in [5.41, 5.74) is 4.66. The Balaban J connectivity index is 1.36. The smallest absolute Gasteiger partial charge is 0.336 e. The first-order valence-electron chi connectivity index (χ1n) is 13.5. The van der Waals surface area contributed by atoms with Crippen LogP contribution in [-0.2, 0) is 9.63 Å². The Labute approximate surface area is 238 Å². The van der Waals surface area contributed by atoms with E-state index in [0.29, 0.717) is 45.9 Å². The van der Waals surface area contributed by atoms with Crippen LogP contribution in [0, 0.1) is 6.92 Å². The number of aryl methyl sites for hydroxylation is 1. The van der Waals surface area contributed by atoms with Gasteiger partial charge in [-0.05, 0) is 54.4 Å². The van der Waals surface area contributed by atoms with Crippen LogP contribution in [-0.4, -0.2) is 79.2 Å². The van der Waals surface area contributed by atoms with Crippen LogP contribution in [0.5, 0.6) is 0 Å². The summed E-state index contributed by atoms with van der Waals surface area (Å²) in [5.74, 6) is -1.64. The lowest BCUT2D eigenvalue weighted by molar-refractivity contribution is -0.110. The van der Waals surface area contributed by atoms with Gasteiger partial charge in [-0.3, -0.25) is 19.3 Å². The molecular formula is C31H33N5O5. The lowest BCUT2D eigenvalue weighted by Crippen LogP contribution is -2.45. The molecule has 212 valence electrons. The predicted molar refractivity (Wildman–Crippen MR) is 157 cm³/mol. The summed E-state index contributed by atoms with van der Waals surface area (Å²) in [6, 6.07) is 19.6. The number of fused-ring (bicyclic) bond motifs is 1. The number of carboxylic acids is 1. The van der Waals surface area contributed by atoms with Gasteiger partial charge in [0.25, 0.3) is 11.8 Å². The largest absolute Gasteiger partial charge is 0.478 e. The van der Waals surface area contributed by atoms with Gasteiger partial charge in [0.15, 0.2) is 0 Å². The van der Waals surface area contributed by atoms with Crippen molar-refractivity contribution in [1.82, 2.24) is 15.3 Å². The number of amides is 2. The average Bonchev–Trinajstić information content (AvgIpc) is 3.30. The van der Waals surface area contributed by atoms with Crippen LogP contribution in [0.4, 0.5) is 11.4 Å². The molecule has 2 aliphatic rings. The normalized spacial score (nSPS) is 16.1. The highest BCUT2D eigenvalue weighted by molar-refractivity contribution is 6.37. The SMILES string of the molecule is Cc1cc2c(cc1C(=O)O)NC(=O)C2=C(Nc1ccc(C(=O)N(C)OCCN2CCNCC2)cc1)c1ccccc1. The lowest BCUT2D eigenvalue weighted by atomic mass is 9.96. The number of rotatable bonds is 9. The Bertz CT molecular complexity index is 1480. The molecule has 4 N–H and O–H groups in total. The third kappa shape index (κ3) is 6.30. The number of aromatic carboxylic acids is 1. The number of piperazine rings is 1. The minimum Gasteiger partial charge on any atom is -0.478 e. The van der Waals surface area contributed by atoms with Gasteiger partial charge in [0.05, 0.1) is 29.1 Å². The average molecular weight is 556 g/mol. The first-order valence-corrected chi connectivity index (χ1v) is 13.5. The van der Waals surface area contributed by atoms with Crippen molar-refractivity contribution in [3.05, 3.63) is 94.5 Å². The minimum absolute atomic E-state index is 0.137. The van der Waals surface area contributed by atoms with Gasteiger partial charge in [0, 0.05) is 56.6 Å². The molecule has 41 heavy (non-hydrogen) atoms. The van der Waals surface area contributed by atoms with Gasteiger partial charge >= 0.3 is 5.97 Å². The fourth-order valence-corrected chi connectivity index (χ4v) is 5.01. The predicted octanol–water partition coefficient (Wildman–Crippen LogP) is 3.53. The molecule has 0 aliphatic carbocycles. The highest BCUT2D eigenvalue weighted by Gasteiger charge is 2.30. The van der Waals surface area contributed by atoms with Gasteiger partial charge in [0.2, 0.25) is 0 Å². The first kappa shape index (κ1) is 28.0. The molecule has 2 heterocycles. The van der Waals surface area contributed by atoms with Crippen molar-refractivity contribution >= 4 is 40.4 Å². The van der Waals surface area contributed by atoms with E-state index in [1.165, 1.54) is 11.1 Å². The monoisotopic (exact) mass is 555 g/mol. The Morgan fingerprint density at radius 3 is 2.41 bits per heavy atom. The standard InChI is InChI=1S/C31H33N5O5/c1-20-18-25-26(19-24(20)31(39)40)34-29(37)27(25)28(21-6-4-3-5-7-21)33-23-10-8-22(9-11-23)30(38)35(2)41-17-16-36-14-12-32-13-15-36/h3-11,18-19,32-33H,12-17H2,1-2H3,(H,34,37)(H,39,40). The topological polar surface area (TPSA) is 123 Å². The molecular weight excluding hydrogens is 522 g/mol. The summed E-state index contributed by atoms with van der Waals surface area (Å²) in [7, 11) is 1.61. The second-order valence-corrected chi connectivity index (χ2v) is 10.0. The maximum atomic E-state index is 13.2. The third-order valence-electron chi connectivity index (χ3n) is 7.24. The molecule has 0 radical (unpaired) electrons. The van der Waals surface area contributed by atoms with Crippen LogP contribution < -0.4 is 16.0 Å². The molecule has 0 unspecified atom stereocenters. The van der Waals surface area contributed by atoms with E-state index < -0.39 is 5.97 Å². The van der Waals surface area contributed by atoms with Crippen LogP contribution in [0.15, 0.2) is 66.7 Å². The van der Waals surface area contributed by atoms with E-state index in [1.807, 2.05) is 30.3 Å². The van der Waals surface area contributed by atoms with Crippen LogP contribution in [0.3, 0.4) is 0 Å². The maximum absolute atomic E-state index is 13.2. The number of anilines is 2. The summed E-state index contributed by atoms with van der Waals surface area (Å²) in [6.45, 7) is 6.74. The lowest BCUT2D eigenvalue weighted by Gasteiger charge is -2.27. The van der Waals surface area contributed by atoms with E-state index in [1.54, 1.807) is 44.3 Å². The van der Waals surface area contributed by atoms with Crippen molar-refractivity contribution in [2.75, 3.05) is 57.0 Å². The second-order valence-electron chi connectivity index (χ2n) is 10.0. The number of hydrogen-bond acceptors (Lipinski definition) is 7. The minimum atomic E-state index is -1.05. The number of hydroxylamine groups is 2. The quantitative estimate of drug-likeness (QED) is 0.234. The van der Waals surface area contributed by atoms with Gasteiger partial charge < -0.3 is 21.1 Å². The number of carbonyl (C=O) groups excluding carboxylic acids is 2. The highest BCUT2D eigenvalue weighted by Crippen LogP contribution is 2.39.